The van der Waals surface area contributed by atoms with Gasteiger partial charge in [0, 0.05) is 47.1 Å². The molecule has 0 radical (unpaired) electrons. The summed E-state index contributed by atoms with van der Waals surface area (Å²) in [7, 11) is -2.38. The molecule has 2 N–H and O–H groups in total. The molecule has 4 rings (SSSR count). The molecule has 0 aliphatic carbocycles. The number of sulfonamides is 1. The number of nitrogens with one attached hydrogen (secondary N) is 2. The van der Waals surface area contributed by atoms with Crippen LogP contribution in [0.25, 0.3) is 10.8 Å². The van der Waals surface area contributed by atoms with Crippen molar-refractivity contribution in [1.29, 1.82) is 0 Å². The van der Waals surface area contributed by atoms with Crippen molar-refractivity contribution in [2.45, 2.75) is 4.90 Å². The van der Waals surface area contributed by atoms with Crippen LogP contribution in [-0.2, 0) is 10.0 Å². The lowest BCUT2D eigenvalue weighted by Crippen LogP contribution is -2.43. The summed E-state index contributed by atoms with van der Waals surface area (Å²) in [6.07, 6.45) is 0. The molecule has 0 atom stereocenters. The second-order valence-corrected chi connectivity index (χ2v) is 9.38. The molecule has 0 amide bonds. The Hall–Kier alpha value is -2.00. The van der Waals surface area contributed by atoms with Crippen LogP contribution >= 0.6 is 28.3 Å². The summed E-state index contributed by atoms with van der Waals surface area (Å²) in [6.45, 7) is 3.71. The van der Waals surface area contributed by atoms with Crippen molar-refractivity contribution in [2.75, 3.05) is 42.9 Å². The fourth-order valence-electron chi connectivity index (χ4n) is 3.61. The maximum Gasteiger partial charge on any atom is 0.265 e. The molecule has 1 saturated heterocycles. The number of rotatable bonds is 5. The summed E-state index contributed by atoms with van der Waals surface area (Å²) in [4.78, 5) is 2.42. The van der Waals surface area contributed by atoms with E-state index >= 15 is 0 Å². The van der Waals surface area contributed by atoms with E-state index in [4.69, 9.17) is 4.74 Å². The van der Waals surface area contributed by atoms with E-state index < -0.39 is 10.0 Å². The van der Waals surface area contributed by atoms with Crippen molar-refractivity contribution in [3.8, 4) is 5.75 Å². The molecule has 0 aromatic heterocycles. The minimum atomic E-state index is -3.84. The van der Waals surface area contributed by atoms with E-state index in [-0.39, 0.29) is 17.3 Å². The first-order valence-electron chi connectivity index (χ1n) is 9.33. The van der Waals surface area contributed by atoms with Crippen molar-refractivity contribution in [3.63, 3.8) is 0 Å². The number of piperazine rings is 1. The molecule has 6 nitrogen and oxygen atoms in total. The van der Waals surface area contributed by atoms with Gasteiger partial charge in [0.2, 0.25) is 0 Å². The molecule has 3 aromatic rings. The maximum absolute atomic E-state index is 13.1. The second kappa shape index (κ2) is 9.43. The van der Waals surface area contributed by atoms with E-state index in [1.54, 1.807) is 18.2 Å². The number of anilines is 2. The van der Waals surface area contributed by atoms with Crippen molar-refractivity contribution in [3.05, 3.63) is 59.1 Å². The molecule has 1 heterocycles. The molecular formula is C21H23BrClN3O3S. The van der Waals surface area contributed by atoms with Gasteiger partial charge in [0.25, 0.3) is 10.0 Å². The molecule has 1 aliphatic rings. The van der Waals surface area contributed by atoms with Crippen molar-refractivity contribution in [1.82, 2.24) is 5.32 Å². The third kappa shape index (κ3) is 4.51. The quantitative estimate of drug-likeness (QED) is 0.535. The standard InChI is InChI=1S/C21H22BrN3O3S.ClH/c1-28-20-9-6-15(22)14-21(20)29(26,27)24-18-7-8-19(25-12-10-23-11-13-25)17-5-3-2-4-16(17)18;/h2-9,14,23-24H,10-13H2,1H3;1H. The lowest BCUT2D eigenvalue weighted by atomic mass is 10.1. The highest BCUT2D eigenvalue weighted by atomic mass is 79.9. The highest BCUT2D eigenvalue weighted by Crippen LogP contribution is 2.35. The van der Waals surface area contributed by atoms with Gasteiger partial charge < -0.3 is 15.0 Å². The van der Waals surface area contributed by atoms with Gasteiger partial charge in [-0.2, -0.15) is 0 Å². The summed E-state index contributed by atoms with van der Waals surface area (Å²) >= 11 is 3.34. The number of ether oxygens (including phenoxy) is 1. The molecule has 0 saturated carbocycles. The second-order valence-electron chi connectivity index (χ2n) is 6.82. The van der Waals surface area contributed by atoms with Crippen LogP contribution in [-0.4, -0.2) is 41.7 Å². The van der Waals surface area contributed by atoms with Crippen molar-refractivity contribution >= 4 is 60.5 Å². The number of hydrogen-bond acceptors (Lipinski definition) is 5. The summed E-state index contributed by atoms with van der Waals surface area (Å²) in [5.41, 5.74) is 1.66. The zero-order valence-corrected chi connectivity index (χ0v) is 19.6. The molecule has 0 spiro atoms. The van der Waals surface area contributed by atoms with Gasteiger partial charge in [0.05, 0.1) is 12.8 Å². The molecule has 0 unspecified atom stereocenters. The Morgan fingerprint density at radius 2 is 1.73 bits per heavy atom. The third-order valence-corrected chi connectivity index (χ3v) is 6.90. The van der Waals surface area contributed by atoms with Gasteiger partial charge in [-0.25, -0.2) is 8.42 Å². The summed E-state index contributed by atoms with van der Waals surface area (Å²) in [5.74, 6) is 0.294. The summed E-state index contributed by atoms with van der Waals surface area (Å²) in [5, 5.41) is 5.25. The molecule has 160 valence electrons. The van der Waals surface area contributed by atoms with Gasteiger partial charge in [0.1, 0.15) is 10.6 Å². The van der Waals surface area contributed by atoms with E-state index in [2.05, 4.69) is 30.9 Å². The number of nitrogens with zero attached hydrogens (tertiary/aromatic N) is 1. The Bertz CT molecular complexity index is 1150. The molecule has 9 heteroatoms. The minimum absolute atomic E-state index is 0. The number of hydrogen-bond donors (Lipinski definition) is 2. The molecule has 0 bridgehead atoms. The number of benzene rings is 3. The van der Waals surface area contributed by atoms with Crippen LogP contribution in [0.3, 0.4) is 0 Å². The van der Waals surface area contributed by atoms with Crippen LogP contribution in [0.2, 0.25) is 0 Å². The number of halogens is 2. The topological polar surface area (TPSA) is 70.7 Å². The van der Waals surface area contributed by atoms with Crippen LogP contribution in [0.15, 0.2) is 64.0 Å². The van der Waals surface area contributed by atoms with Gasteiger partial charge in [0.15, 0.2) is 0 Å². The van der Waals surface area contributed by atoms with E-state index in [1.807, 2.05) is 36.4 Å². The van der Waals surface area contributed by atoms with Gasteiger partial charge >= 0.3 is 0 Å². The van der Waals surface area contributed by atoms with Crippen LogP contribution in [0.1, 0.15) is 0 Å². The highest BCUT2D eigenvalue weighted by molar-refractivity contribution is 9.10. The fourth-order valence-corrected chi connectivity index (χ4v) is 5.40. The zero-order valence-electron chi connectivity index (χ0n) is 16.4. The number of fused-ring (bicyclic) bond motifs is 1. The van der Waals surface area contributed by atoms with Crippen molar-refractivity contribution < 1.29 is 13.2 Å². The van der Waals surface area contributed by atoms with E-state index in [1.165, 1.54) is 7.11 Å². The Labute approximate surface area is 191 Å². The van der Waals surface area contributed by atoms with E-state index in [0.717, 1.165) is 42.6 Å². The highest BCUT2D eigenvalue weighted by Gasteiger charge is 2.22. The predicted molar refractivity (Wildman–Crippen MR) is 128 cm³/mol. The van der Waals surface area contributed by atoms with E-state index in [0.29, 0.717) is 15.9 Å². The third-order valence-electron chi connectivity index (χ3n) is 5.02. The van der Waals surface area contributed by atoms with Crippen LogP contribution in [0.5, 0.6) is 5.75 Å². The first kappa shape index (κ1) is 22.7. The molecule has 1 fully saturated rings. The van der Waals surface area contributed by atoms with Crippen LogP contribution in [0, 0.1) is 0 Å². The number of methoxy groups -OCH3 is 1. The average molecular weight is 513 g/mol. The summed E-state index contributed by atoms with van der Waals surface area (Å²) < 4.78 is 34.9. The smallest absolute Gasteiger partial charge is 0.265 e. The Morgan fingerprint density at radius 1 is 1.03 bits per heavy atom. The van der Waals surface area contributed by atoms with Gasteiger partial charge in [-0.15, -0.1) is 12.4 Å². The Kier molecular flexibility index (Phi) is 7.13. The lowest BCUT2D eigenvalue weighted by Gasteiger charge is -2.30. The normalized spacial score (nSPS) is 14.3. The lowest BCUT2D eigenvalue weighted by molar-refractivity contribution is 0.403. The Morgan fingerprint density at radius 3 is 2.43 bits per heavy atom. The minimum Gasteiger partial charge on any atom is -0.495 e. The SMILES string of the molecule is COc1ccc(Br)cc1S(=O)(=O)Nc1ccc(N2CCNCC2)c2ccccc12.Cl. The predicted octanol–water partition coefficient (Wildman–Crippen LogP) is 4.24. The monoisotopic (exact) mass is 511 g/mol. The molecular weight excluding hydrogens is 490 g/mol. The van der Waals surface area contributed by atoms with Gasteiger partial charge in [-0.05, 0) is 30.3 Å². The van der Waals surface area contributed by atoms with Crippen molar-refractivity contribution in [2.24, 2.45) is 0 Å². The average Bonchev–Trinajstić information content (AvgIpc) is 2.74. The first-order chi connectivity index (χ1) is 14.0. The fraction of sp³-hybridized carbons (Fsp3) is 0.238. The van der Waals surface area contributed by atoms with Crippen LogP contribution in [0.4, 0.5) is 11.4 Å². The molecule has 3 aromatic carbocycles. The molecule has 1 aliphatic heterocycles. The van der Waals surface area contributed by atoms with E-state index in [9.17, 15) is 8.42 Å². The zero-order chi connectivity index (χ0) is 20.4. The maximum atomic E-state index is 13.1. The first-order valence-corrected chi connectivity index (χ1v) is 11.6. The molecule has 30 heavy (non-hydrogen) atoms. The van der Waals surface area contributed by atoms with Gasteiger partial charge in [-0.1, -0.05) is 40.2 Å². The Balaban J connectivity index is 0.00000256. The van der Waals surface area contributed by atoms with Crippen LogP contribution < -0.4 is 19.7 Å². The largest absolute Gasteiger partial charge is 0.495 e. The van der Waals surface area contributed by atoms with Gasteiger partial charge in [-0.3, -0.25) is 4.72 Å². The summed E-state index contributed by atoms with van der Waals surface area (Å²) in [6, 6.07) is 16.6.